The number of hydrogen-bond acceptors (Lipinski definition) is 7. The Labute approximate surface area is 206 Å². The number of rotatable bonds is 6. The molecule has 32 heavy (non-hydrogen) atoms. The van der Waals surface area contributed by atoms with E-state index in [0.717, 1.165) is 6.08 Å². The van der Waals surface area contributed by atoms with Gasteiger partial charge in [-0.1, -0.05) is 0 Å². The van der Waals surface area contributed by atoms with Crippen LogP contribution in [-0.2, 0) is 19.1 Å². The third-order valence-corrected chi connectivity index (χ3v) is 4.99. The quantitative estimate of drug-likeness (QED) is 0.345. The predicted octanol–water partition coefficient (Wildman–Crippen LogP) is -3.75. The van der Waals surface area contributed by atoms with Crippen LogP contribution < -0.4 is 49.8 Å². The van der Waals surface area contributed by atoms with Gasteiger partial charge in [-0.25, -0.2) is 9.18 Å². The molecule has 12 heteroatoms. The van der Waals surface area contributed by atoms with Crippen molar-refractivity contribution < 1.29 is 63.0 Å². The van der Waals surface area contributed by atoms with Crippen molar-refractivity contribution in [3.63, 3.8) is 0 Å². The van der Waals surface area contributed by atoms with Gasteiger partial charge in [0.1, 0.15) is 11.9 Å². The number of amides is 3. The molecule has 0 unspecified atom stereocenters. The molecule has 0 aromatic heterocycles. The molecular formula is C20H22FN4NaO6. The van der Waals surface area contributed by atoms with Gasteiger partial charge in [-0.3, -0.25) is 14.5 Å². The van der Waals surface area contributed by atoms with Gasteiger partial charge in [0, 0.05) is 39.2 Å². The summed E-state index contributed by atoms with van der Waals surface area (Å²) in [5, 5.41) is 13.0. The first-order valence-corrected chi connectivity index (χ1v) is 9.69. The molecule has 0 saturated carbocycles. The summed E-state index contributed by atoms with van der Waals surface area (Å²) in [7, 11) is 0. The smallest absolute Gasteiger partial charge is 0.545 e. The second-order valence-electron chi connectivity index (χ2n) is 7.15. The van der Waals surface area contributed by atoms with Crippen LogP contribution in [0.15, 0.2) is 30.4 Å². The summed E-state index contributed by atoms with van der Waals surface area (Å²) in [5.74, 6) is -2.65. The second-order valence-corrected chi connectivity index (χ2v) is 7.15. The van der Waals surface area contributed by atoms with Crippen molar-refractivity contribution in [2.24, 2.45) is 0 Å². The molecule has 1 N–H and O–H groups in total. The number of anilines is 2. The van der Waals surface area contributed by atoms with E-state index in [2.05, 4.69) is 5.32 Å². The molecule has 1 aromatic carbocycles. The van der Waals surface area contributed by atoms with E-state index >= 15 is 0 Å². The summed E-state index contributed by atoms with van der Waals surface area (Å²) in [4.78, 5) is 50.0. The molecule has 10 nitrogen and oxygen atoms in total. The average Bonchev–Trinajstić information content (AvgIpc) is 3.11. The first-order chi connectivity index (χ1) is 14.7. The Hall–Kier alpha value is -2.63. The van der Waals surface area contributed by atoms with Crippen LogP contribution in [-0.4, -0.2) is 74.1 Å². The minimum Gasteiger partial charge on any atom is -0.545 e. The van der Waals surface area contributed by atoms with Crippen LogP contribution in [0.25, 0.3) is 0 Å². The van der Waals surface area contributed by atoms with Crippen LogP contribution in [0, 0.1) is 5.82 Å². The molecule has 2 aliphatic rings. The molecule has 0 spiro atoms. The summed E-state index contributed by atoms with van der Waals surface area (Å²) in [6.07, 6.45) is 0.487. The molecule has 3 rings (SSSR count). The number of cyclic esters (lactones) is 1. The molecular weight excluding hydrogens is 434 g/mol. The van der Waals surface area contributed by atoms with E-state index in [-0.39, 0.29) is 48.6 Å². The van der Waals surface area contributed by atoms with Gasteiger partial charge >= 0.3 is 35.7 Å². The van der Waals surface area contributed by atoms with Crippen molar-refractivity contribution in [1.29, 1.82) is 0 Å². The molecule has 2 aliphatic heterocycles. The SMILES string of the molecule is CC(=O)NC[C@H]1CN(c2ccc(N3CCN(C(=O)C=CC(=O)[O-])CC3)c(F)c2)C(=O)O1.[Na+]. The Morgan fingerprint density at radius 3 is 2.50 bits per heavy atom. The van der Waals surface area contributed by atoms with Gasteiger partial charge in [0.25, 0.3) is 0 Å². The number of ether oxygens (including phenoxy) is 1. The number of hydrogen-bond donors (Lipinski definition) is 1. The number of benzene rings is 1. The van der Waals surface area contributed by atoms with Crippen molar-refractivity contribution >= 4 is 35.3 Å². The van der Waals surface area contributed by atoms with Crippen LogP contribution in [0.2, 0.25) is 0 Å². The maximum Gasteiger partial charge on any atom is 1.00 e. The van der Waals surface area contributed by atoms with Gasteiger partial charge in [0.05, 0.1) is 30.4 Å². The van der Waals surface area contributed by atoms with Gasteiger partial charge < -0.3 is 29.8 Å². The predicted molar refractivity (Wildman–Crippen MR) is 106 cm³/mol. The summed E-state index contributed by atoms with van der Waals surface area (Å²) in [6, 6.07) is 4.42. The van der Waals surface area contributed by atoms with E-state index < -0.39 is 29.9 Å². The molecule has 1 aromatic rings. The van der Waals surface area contributed by atoms with Crippen molar-refractivity contribution in [2.75, 3.05) is 49.1 Å². The molecule has 3 amide bonds. The number of nitrogens with zero attached hydrogens (tertiary/aromatic N) is 3. The van der Waals surface area contributed by atoms with E-state index in [1.165, 1.54) is 22.8 Å². The molecule has 0 aliphatic carbocycles. The largest absolute Gasteiger partial charge is 1.00 e. The molecule has 2 fully saturated rings. The monoisotopic (exact) mass is 456 g/mol. The van der Waals surface area contributed by atoms with Crippen molar-refractivity contribution in [1.82, 2.24) is 10.2 Å². The fraction of sp³-hybridized carbons (Fsp3) is 0.400. The van der Waals surface area contributed by atoms with Crippen molar-refractivity contribution in [3.05, 3.63) is 36.2 Å². The van der Waals surface area contributed by atoms with E-state index in [1.807, 2.05) is 0 Å². The Bertz CT molecular complexity index is 919. The molecule has 0 bridgehead atoms. The van der Waals surface area contributed by atoms with Gasteiger partial charge in [-0.2, -0.15) is 0 Å². The van der Waals surface area contributed by atoms with E-state index in [0.29, 0.717) is 43.6 Å². The number of aliphatic carboxylic acids is 1. The fourth-order valence-electron chi connectivity index (χ4n) is 3.43. The minimum absolute atomic E-state index is 0. The third kappa shape index (κ3) is 6.44. The van der Waals surface area contributed by atoms with Gasteiger partial charge in [0.15, 0.2) is 0 Å². The molecule has 0 radical (unpaired) electrons. The number of halogens is 1. The standard InChI is InChI=1S/C20H23FN4O6.Na/c1-13(26)22-11-15-12-25(20(30)31-15)14-2-3-17(16(21)10-14)23-6-8-24(9-7-23)18(27)4-5-19(28)29;/h2-5,10,15H,6-9,11-12H2,1H3,(H,22,26)(H,28,29);/q;+1/p-1/t15-;/m0./s1. The number of carbonyl (C=O) groups is 4. The normalized spacial score (nSPS) is 18.4. The number of carbonyl (C=O) groups excluding carboxylic acids is 4. The first-order valence-electron chi connectivity index (χ1n) is 9.69. The Morgan fingerprint density at radius 2 is 1.91 bits per heavy atom. The van der Waals surface area contributed by atoms with Gasteiger partial charge in [-0.15, -0.1) is 0 Å². The van der Waals surface area contributed by atoms with E-state index in [9.17, 15) is 28.7 Å². The number of carboxylic acids is 1. The topological polar surface area (TPSA) is 122 Å². The van der Waals surface area contributed by atoms with Crippen LogP contribution in [0.5, 0.6) is 0 Å². The molecule has 2 heterocycles. The Kier molecular flexibility index (Phi) is 9.05. The fourth-order valence-corrected chi connectivity index (χ4v) is 3.43. The zero-order valence-corrected chi connectivity index (χ0v) is 19.9. The minimum atomic E-state index is -1.45. The zero-order chi connectivity index (χ0) is 22.5. The summed E-state index contributed by atoms with van der Waals surface area (Å²) < 4.78 is 20.0. The Balaban J connectivity index is 0.00000363. The summed E-state index contributed by atoms with van der Waals surface area (Å²) >= 11 is 0. The van der Waals surface area contributed by atoms with Crippen LogP contribution in [0.1, 0.15) is 6.92 Å². The zero-order valence-electron chi connectivity index (χ0n) is 17.9. The van der Waals surface area contributed by atoms with Gasteiger partial charge in [0.2, 0.25) is 11.8 Å². The number of nitrogens with one attached hydrogen (secondary N) is 1. The number of piperazine rings is 1. The maximum atomic E-state index is 14.8. The molecule has 166 valence electrons. The van der Waals surface area contributed by atoms with Crippen LogP contribution in [0.3, 0.4) is 0 Å². The second kappa shape index (κ2) is 11.3. The van der Waals surface area contributed by atoms with E-state index in [1.54, 1.807) is 17.0 Å². The molecule has 2 saturated heterocycles. The summed E-state index contributed by atoms with van der Waals surface area (Å²) in [6.45, 7) is 3.08. The van der Waals surface area contributed by atoms with Crippen molar-refractivity contribution in [2.45, 2.75) is 13.0 Å². The van der Waals surface area contributed by atoms with E-state index in [4.69, 9.17) is 4.74 Å². The van der Waals surface area contributed by atoms with Gasteiger partial charge in [-0.05, 0) is 24.3 Å². The Morgan fingerprint density at radius 1 is 1.22 bits per heavy atom. The average molecular weight is 456 g/mol. The van der Waals surface area contributed by atoms with Crippen LogP contribution in [0.4, 0.5) is 20.6 Å². The van der Waals surface area contributed by atoms with Crippen LogP contribution >= 0.6 is 0 Å². The third-order valence-electron chi connectivity index (χ3n) is 4.99. The van der Waals surface area contributed by atoms with Crippen molar-refractivity contribution in [3.8, 4) is 0 Å². The number of carboxylic acid groups (broad SMARTS) is 1. The molecule has 1 atom stereocenters. The maximum absolute atomic E-state index is 14.8. The first kappa shape index (κ1) is 25.6. The summed E-state index contributed by atoms with van der Waals surface area (Å²) in [5.41, 5.74) is 0.682.